The molecule has 2 amide bonds. The van der Waals surface area contributed by atoms with Gasteiger partial charge in [0.05, 0.1) is 6.54 Å². The molecule has 0 atom stereocenters. The highest BCUT2D eigenvalue weighted by molar-refractivity contribution is 6.05. The van der Waals surface area contributed by atoms with E-state index < -0.39 is 11.8 Å². The summed E-state index contributed by atoms with van der Waals surface area (Å²) < 4.78 is 19.2. The summed E-state index contributed by atoms with van der Waals surface area (Å²) in [6.45, 7) is 0.0788. The Balaban J connectivity index is 1.95. The molecule has 3 rings (SSSR count). The number of halogens is 1. The fraction of sp³-hybridized carbons (Fsp3) is 0.133. The van der Waals surface area contributed by atoms with E-state index in [2.05, 4.69) is 0 Å². The number of carbonyl (C=O) groups is 1. The molecule has 1 aromatic heterocycles. The Hall–Kier alpha value is -2.60. The average Bonchev–Trinajstić information content (AvgIpc) is 2.84. The summed E-state index contributed by atoms with van der Waals surface area (Å²) in [4.78, 5) is 10.7. The van der Waals surface area contributed by atoms with Crippen molar-refractivity contribution in [2.24, 2.45) is 5.73 Å². The van der Waals surface area contributed by atoms with E-state index in [0.717, 1.165) is 16.3 Å². The highest BCUT2D eigenvalue weighted by Gasteiger charge is 2.11. The number of hydroxylamine groups is 2. The van der Waals surface area contributed by atoms with Crippen molar-refractivity contribution >= 4 is 28.0 Å². The molecular formula is C15H13FN2O3. The van der Waals surface area contributed by atoms with E-state index in [9.17, 15) is 14.4 Å². The van der Waals surface area contributed by atoms with Gasteiger partial charge in [-0.2, -0.15) is 0 Å². The molecule has 0 bridgehead atoms. The number of para-hydroxylation sites is 1. The maximum Gasteiger partial charge on any atom is 0.338 e. The van der Waals surface area contributed by atoms with Crippen molar-refractivity contribution in [3.8, 4) is 0 Å². The molecule has 0 aliphatic rings. The molecule has 0 aliphatic carbocycles. The monoisotopic (exact) mass is 288 g/mol. The molecule has 0 fully saturated rings. The SMILES string of the molecule is NC(=O)N(O)CCc1ccc2c(c1)oc1c(F)cccc12. The zero-order valence-electron chi connectivity index (χ0n) is 11.0. The summed E-state index contributed by atoms with van der Waals surface area (Å²) >= 11 is 0. The van der Waals surface area contributed by atoms with Crippen LogP contribution in [-0.4, -0.2) is 22.8 Å². The zero-order chi connectivity index (χ0) is 15.0. The normalized spacial score (nSPS) is 11.1. The molecular weight excluding hydrogens is 275 g/mol. The van der Waals surface area contributed by atoms with E-state index in [1.54, 1.807) is 18.2 Å². The smallest absolute Gasteiger partial charge is 0.338 e. The lowest BCUT2D eigenvalue weighted by Crippen LogP contribution is -2.34. The van der Waals surface area contributed by atoms with Gasteiger partial charge in [0.25, 0.3) is 0 Å². The molecule has 0 aliphatic heterocycles. The summed E-state index contributed by atoms with van der Waals surface area (Å²) in [6, 6.07) is 9.33. The first kappa shape index (κ1) is 13.4. The summed E-state index contributed by atoms with van der Waals surface area (Å²) in [5.41, 5.74) is 6.58. The van der Waals surface area contributed by atoms with Crippen molar-refractivity contribution in [3.63, 3.8) is 0 Å². The van der Waals surface area contributed by atoms with Crippen LogP contribution in [0.2, 0.25) is 0 Å². The first-order valence-corrected chi connectivity index (χ1v) is 6.42. The van der Waals surface area contributed by atoms with Crippen LogP contribution in [0.25, 0.3) is 21.9 Å². The minimum Gasteiger partial charge on any atom is -0.453 e. The molecule has 108 valence electrons. The number of fused-ring (bicyclic) bond motifs is 3. The Bertz CT molecular complexity index is 828. The van der Waals surface area contributed by atoms with Gasteiger partial charge >= 0.3 is 6.03 Å². The van der Waals surface area contributed by atoms with Gasteiger partial charge in [-0.15, -0.1) is 0 Å². The van der Waals surface area contributed by atoms with E-state index in [4.69, 9.17) is 10.2 Å². The summed E-state index contributed by atoms with van der Waals surface area (Å²) in [5, 5.41) is 11.2. The van der Waals surface area contributed by atoms with Crippen LogP contribution in [-0.2, 0) is 6.42 Å². The van der Waals surface area contributed by atoms with Gasteiger partial charge in [0, 0.05) is 10.8 Å². The van der Waals surface area contributed by atoms with Gasteiger partial charge in [-0.05, 0) is 24.1 Å². The summed E-state index contributed by atoms with van der Waals surface area (Å²) in [7, 11) is 0. The van der Waals surface area contributed by atoms with Crippen molar-refractivity contribution in [2.75, 3.05) is 6.54 Å². The Labute approximate surface area is 119 Å². The van der Waals surface area contributed by atoms with Crippen LogP contribution in [0.3, 0.4) is 0 Å². The van der Waals surface area contributed by atoms with Crippen molar-refractivity contribution in [2.45, 2.75) is 6.42 Å². The lowest BCUT2D eigenvalue weighted by atomic mass is 10.1. The Morgan fingerprint density at radius 2 is 2.10 bits per heavy atom. The largest absolute Gasteiger partial charge is 0.453 e. The van der Waals surface area contributed by atoms with Crippen molar-refractivity contribution in [1.82, 2.24) is 5.06 Å². The van der Waals surface area contributed by atoms with Gasteiger partial charge in [0.15, 0.2) is 11.4 Å². The van der Waals surface area contributed by atoms with Crippen LogP contribution in [0.15, 0.2) is 40.8 Å². The maximum atomic E-state index is 13.7. The highest BCUT2D eigenvalue weighted by Crippen LogP contribution is 2.30. The number of rotatable bonds is 3. The lowest BCUT2D eigenvalue weighted by molar-refractivity contribution is -0.0382. The molecule has 3 N–H and O–H groups in total. The van der Waals surface area contributed by atoms with E-state index >= 15 is 0 Å². The zero-order valence-corrected chi connectivity index (χ0v) is 11.0. The van der Waals surface area contributed by atoms with Crippen molar-refractivity contribution in [1.29, 1.82) is 0 Å². The summed E-state index contributed by atoms with van der Waals surface area (Å²) in [5.74, 6) is -0.402. The van der Waals surface area contributed by atoms with Gasteiger partial charge in [-0.1, -0.05) is 24.3 Å². The lowest BCUT2D eigenvalue weighted by Gasteiger charge is -2.11. The van der Waals surface area contributed by atoms with E-state index in [-0.39, 0.29) is 12.1 Å². The fourth-order valence-electron chi connectivity index (χ4n) is 2.31. The molecule has 5 nitrogen and oxygen atoms in total. The van der Waals surface area contributed by atoms with E-state index in [1.807, 2.05) is 12.1 Å². The molecule has 2 aromatic carbocycles. The first-order valence-electron chi connectivity index (χ1n) is 6.42. The minimum atomic E-state index is -0.901. The van der Waals surface area contributed by atoms with Gasteiger partial charge in [-0.25, -0.2) is 14.2 Å². The Morgan fingerprint density at radius 3 is 2.86 bits per heavy atom. The molecule has 0 unspecified atom stereocenters. The number of hydrogen-bond acceptors (Lipinski definition) is 3. The second-order valence-corrected chi connectivity index (χ2v) is 4.76. The van der Waals surface area contributed by atoms with Crippen LogP contribution >= 0.6 is 0 Å². The molecule has 21 heavy (non-hydrogen) atoms. The van der Waals surface area contributed by atoms with Gasteiger partial charge in [0.1, 0.15) is 5.58 Å². The Morgan fingerprint density at radius 1 is 1.29 bits per heavy atom. The second-order valence-electron chi connectivity index (χ2n) is 4.76. The van der Waals surface area contributed by atoms with E-state index in [1.165, 1.54) is 6.07 Å². The third-order valence-electron chi connectivity index (χ3n) is 3.38. The molecule has 3 aromatic rings. The van der Waals surface area contributed by atoms with Gasteiger partial charge in [-0.3, -0.25) is 5.21 Å². The number of furan rings is 1. The van der Waals surface area contributed by atoms with Crippen LogP contribution in [0.4, 0.5) is 9.18 Å². The number of amides is 2. The number of urea groups is 1. The number of hydrogen-bond donors (Lipinski definition) is 2. The van der Waals surface area contributed by atoms with Crippen molar-refractivity contribution in [3.05, 3.63) is 47.8 Å². The third-order valence-corrected chi connectivity index (χ3v) is 3.38. The molecule has 0 spiro atoms. The van der Waals surface area contributed by atoms with Gasteiger partial charge in [0.2, 0.25) is 0 Å². The molecule has 0 radical (unpaired) electrons. The van der Waals surface area contributed by atoms with Crippen LogP contribution in [0.5, 0.6) is 0 Å². The maximum absolute atomic E-state index is 13.7. The molecule has 0 saturated heterocycles. The predicted octanol–water partition coefficient (Wildman–Crippen LogP) is 3.04. The number of nitrogens with zero attached hydrogens (tertiary/aromatic N) is 1. The van der Waals surface area contributed by atoms with Crippen molar-refractivity contribution < 1.29 is 18.8 Å². The molecule has 1 heterocycles. The number of nitrogens with two attached hydrogens (primary N) is 1. The fourth-order valence-corrected chi connectivity index (χ4v) is 2.31. The first-order chi connectivity index (χ1) is 10.1. The van der Waals surface area contributed by atoms with Crippen LogP contribution < -0.4 is 5.73 Å². The molecule has 6 heteroatoms. The number of carbonyl (C=O) groups excluding carboxylic acids is 1. The number of primary amides is 1. The standard InChI is InChI=1S/C15H13FN2O3/c16-12-3-1-2-11-10-5-4-9(6-7-18(20)15(17)19)8-13(10)21-14(11)12/h1-5,8,20H,6-7H2,(H2,17,19). The average molecular weight is 288 g/mol. The predicted molar refractivity (Wildman–Crippen MR) is 75.5 cm³/mol. The minimum absolute atomic E-state index is 0.0788. The van der Waals surface area contributed by atoms with Gasteiger partial charge < -0.3 is 10.2 Å². The third kappa shape index (κ3) is 2.41. The number of benzene rings is 2. The summed E-state index contributed by atoms with van der Waals surface area (Å²) in [6.07, 6.45) is 0.412. The van der Waals surface area contributed by atoms with Crippen LogP contribution in [0.1, 0.15) is 5.56 Å². The highest BCUT2D eigenvalue weighted by atomic mass is 19.1. The molecule has 0 saturated carbocycles. The van der Waals surface area contributed by atoms with E-state index in [0.29, 0.717) is 17.1 Å². The Kier molecular flexibility index (Phi) is 3.23. The second kappa shape index (κ2) is 5.06. The topological polar surface area (TPSA) is 79.7 Å². The van der Waals surface area contributed by atoms with Crippen LogP contribution in [0, 0.1) is 5.82 Å². The quantitative estimate of drug-likeness (QED) is 0.574.